The number of hydrogen-bond acceptors (Lipinski definition) is 6. The van der Waals surface area contributed by atoms with E-state index in [0.29, 0.717) is 28.7 Å². The van der Waals surface area contributed by atoms with Crippen molar-refractivity contribution in [1.82, 2.24) is 20.1 Å². The molecular formula is C17H23FN4O2S. The molecule has 136 valence electrons. The van der Waals surface area contributed by atoms with Gasteiger partial charge >= 0.3 is 0 Å². The Kier molecular flexibility index (Phi) is 5.80. The highest BCUT2D eigenvalue weighted by atomic mass is 32.2. The number of rotatable bonds is 6. The molecule has 0 aliphatic carbocycles. The lowest BCUT2D eigenvalue weighted by molar-refractivity contribution is 0.352. The van der Waals surface area contributed by atoms with Gasteiger partial charge in [-0.1, -0.05) is 11.8 Å². The molecule has 1 aliphatic rings. The molecule has 1 saturated heterocycles. The number of piperidine rings is 1. The molecule has 1 aliphatic heterocycles. The highest BCUT2D eigenvalue weighted by Crippen LogP contribution is 2.33. The number of benzene rings is 1. The maximum absolute atomic E-state index is 14.3. The molecule has 0 radical (unpaired) electrons. The largest absolute Gasteiger partial charge is 0.493 e. The van der Waals surface area contributed by atoms with E-state index in [9.17, 15) is 4.39 Å². The molecule has 8 heteroatoms. The van der Waals surface area contributed by atoms with E-state index >= 15 is 0 Å². The van der Waals surface area contributed by atoms with Gasteiger partial charge in [-0.25, -0.2) is 4.39 Å². The summed E-state index contributed by atoms with van der Waals surface area (Å²) in [5.74, 6) is 2.41. The van der Waals surface area contributed by atoms with Gasteiger partial charge in [-0.3, -0.25) is 0 Å². The molecule has 1 aromatic heterocycles. The van der Waals surface area contributed by atoms with Crippen LogP contribution in [0.25, 0.3) is 0 Å². The first-order valence-corrected chi connectivity index (χ1v) is 9.25. The molecule has 2 heterocycles. The predicted molar refractivity (Wildman–Crippen MR) is 94.9 cm³/mol. The Morgan fingerprint density at radius 1 is 1.28 bits per heavy atom. The van der Waals surface area contributed by atoms with Gasteiger partial charge in [0.05, 0.1) is 14.2 Å². The van der Waals surface area contributed by atoms with Crippen molar-refractivity contribution in [2.24, 2.45) is 7.05 Å². The lowest BCUT2D eigenvalue weighted by Gasteiger charge is -2.21. The summed E-state index contributed by atoms with van der Waals surface area (Å²) >= 11 is 1.46. The van der Waals surface area contributed by atoms with Crippen molar-refractivity contribution >= 4 is 11.8 Å². The summed E-state index contributed by atoms with van der Waals surface area (Å²) in [6.07, 6.45) is 2.27. The second-order valence-corrected chi connectivity index (χ2v) is 6.97. The van der Waals surface area contributed by atoms with Crippen LogP contribution in [0.3, 0.4) is 0 Å². The summed E-state index contributed by atoms with van der Waals surface area (Å²) in [5.41, 5.74) is 0.548. The van der Waals surface area contributed by atoms with Crippen molar-refractivity contribution in [3.8, 4) is 11.5 Å². The second-order valence-electron chi connectivity index (χ2n) is 6.03. The van der Waals surface area contributed by atoms with Gasteiger partial charge in [0, 0.05) is 36.9 Å². The van der Waals surface area contributed by atoms with Gasteiger partial charge in [0.15, 0.2) is 16.7 Å². The third kappa shape index (κ3) is 3.90. The van der Waals surface area contributed by atoms with Gasteiger partial charge in [-0.15, -0.1) is 10.2 Å². The van der Waals surface area contributed by atoms with Crippen LogP contribution in [0, 0.1) is 5.82 Å². The van der Waals surface area contributed by atoms with Crippen molar-refractivity contribution in [2.75, 3.05) is 27.3 Å². The summed E-state index contributed by atoms with van der Waals surface area (Å²) in [4.78, 5) is 0. The summed E-state index contributed by atoms with van der Waals surface area (Å²) in [6.45, 7) is 2.00. The van der Waals surface area contributed by atoms with E-state index in [4.69, 9.17) is 9.47 Å². The SMILES string of the molecule is COc1cc(F)c(CSc2nnc(C3CCCNC3)n2C)cc1OC. The summed E-state index contributed by atoms with van der Waals surface area (Å²) in [5, 5.41) is 12.8. The van der Waals surface area contributed by atoms with Crippen molar-refractivity contribution < 1.29 is 13.9 Å². The molecule has 0 bridgehead atoms. The van der Waals surface area contributed by atoms with Crippen LogP contribution in [0.2, 0.25) is 0 Å². The molecule has 2 aromatic rings. The number of nitrogens with zero attached hydrogens (tertiary/aromatic N) is 3. The number of aromatic nitrogens is 3. The molecule has 1 atom stereocenters. The Labute approximate surface area is 151 Å². The van der Waals surface area contributed by atoms with Crippen LogP contribution in [0.4, 0.5) is 4.39 Å². The lowest BCUT2D eigenvalue weighted by Crippen LogP contribution is -2.29. The monoisotopic (exact) mass is 366 g/mol. The number of ether oxygens (including phenoxy) is 2. The quantitative estimate of drug-likeness (QED) is 0.794. The minimum absolute atomic E-state index is 0.316. The first-order valence-electron chi connectivity index (χ1n) is 8.27. The van der Waals surface area contributed by atoms with Crippen molar-refractivity contribution in [1.29, 1.82) is 0 Å². The van der Waals surface area contributed by atoms with Gasteiger partial charge in [-0.2, -0.15) is 0 Å². The molecule has 1 N–H and O–H groups in total. The Hall–Kier alpha value is -1.80. The van der Waals surface area contributed by atoms with Crippen LogP contribution in [0.5, 0.6) is 11.5 Å². The smallest absolute Gasteiger partial charge is 0.191 e. The zero-order chi connectivity index (χ0) is 17.8. The molecule has 0 spiro atoms. The van der Waals surface area contributed by atoms with E-state index in [1.54, 1.807) is 13.2 Å². The fraction of sp³-hybridized carbons (Fsp3) is 0.529. The van der Waals surface area contributed by atoms with E-state index in [-0.39, 0.29) is 5.82 Å². The third-order valence-electron chi connectivity index (χ3n) is 4.44. The number of hydrogen-bond donors (Lipinski definition) is 1. The maximum Gasteiger partial charge on any atom is 0.191 e. The van der Waals surface area contributed by atoms with Crippen LogP contribution >= 0.6 is 11.8 Å². The first-order chi connectivity index (χ1) is 12.1. The van der Waals surface area contributed by atoms with Crippen LogP contribution in [-0.2, 0) is 12.8 Å². The number of nitrogens with one attached hydrogen (secondary N) is 1. The molecule has 6 nitrogen and oxygen atoms in total. The molecule has 25 heavy (non-hydrogen) atoms. The molecule has 0 saturated carbocycles. The van der Waals surface area contributed by atoms with Gasteiger partial charge in [0.2, 0.25) is 0 Å². The van der Waals surface area contributed by atoms with Crippen LogP contribution in [0.1, 0.15) is 30.1 Å². The fourth-order valence-electron chi connectivity index (χ4n) is 3.03. The van der Waals surface area contributed by atoms with Gasteiger partial charge in [-0.05, 0) is 25.5 Å². The van der Waals surface area contributed by atoms with Gasteiger partial charge in [0.1, 0.15) is 11.6 Å². The highest BCUT2D eigenvalue weighted by Gasteiger charge is 2.22. The van der Waals surface area contributed by atoms with Crippen LogP contribution < -0.4 is 14.8 Å². The molecule has 1 unspecified atom stereocenters. The molecule has 3 rings (SSSR count). The average molecular weight is 366 g/mol. The lowest BCUT2D eigenvalue weighted by atomic mass is 9.99. The topological polar surface area (TPSA) is 61.2 Å². The number of halogens is 1. The van der Waals surface area contributed by atoms with E-state index in [0.717, 1.165) is 36.9 Å². The van der Waals surface area contributed by atoms with Crippen molar-refractivity contribution in [2.45, 2.75) is 29.7 Å². The van der Waals surface area contributed by atoms with Gasteiger partial charge in [0.25, 0.3) is 0 Å². The first kappa shape index (κ1) is 18.0. The fourth-order valence-corrected chi connectivity index (χ4v) is 3.92. The van der Waals surface area contributed by atoms with Gasteiger partial charge < -0.3 is 19.4 Å². The Balaban J connectivity index is 1.73. The molecule has 1 fully saturated rings. The molecular weight excluding hydrogens is 343 g/mol. The predicted octanol–water partition coefficient (Wildman–Crippen LogP) is 2.73. The average Bonchev–Trinajstić information content (AvgIpc) is 3.01. The molecule has 1 aromatic carbocycles. The maximum atomic E-state index is 14.3. The van der Waals surface area contributed by atoms with Crippen molar-refractivity contribution in [3.63, 3.8) is 0 Å². The minimum atomic E-state index is -0.316. The zero-order valence-corrected chi connectivity index (χ0v) is 15.5. The third-order valence-corrected chi connectivity index (χ3v) is 5.51. The number of thioether (sulfide) groups is 1. The Morgan fingerprint density at radius 3 is 2.72 bits per heavy atom. The summed E-state index contributed by atoms with van der Waals surface area (Å²) in [6, 6.07) is 3.02. The van der Waals surface area contributed by atoms with E-state index in [1.165, 1.54) is 24.9 Å². The van der Waals surface area contributed by atoms with Crippen molar-refractivity contribution in [3.05, 3.63) is 29.3 Å². The Morgan fingerprint density at radius 2 is 2.04 bits per heavy atom. The van der Waals surface area contributed by atoms with Crippen LogP contribution in [-0.4, -0.2) is 42.1 Å². The van der Waals surface area contributed by atoms with E-state index in [1.807, 2.05) is 11.6 Å². The zero-order valence-electron chi connectivity index (χ0n) is 14.7. The van der Waals surface area contributed by atoms with E-state index in [2.05, 4.69) is 15.5 Å². The number of methoxy groups -OCH3 is 2. The summed E-state index contributed by atoms with van der Waals surface area (Å²) in [7, 11) is 5.00. The second kappa shape index (κ2) is 8.05. The molecule has 0 amide bonds. The normalized spacial score (nSPS) is 17.5. The Bertz CT molecular complexity index is 732. The standard InChI is InChI=1S/C17H23FN4O2S/c1-22-16(11-5-4-6-19-9-11)20-21-17(22)25-10-12-7-14(23-2)15(24-3)8-13(12)18/h7-8,11,19H,4-6,9-10H2,1-3H3. The van der Waals surface area contributed by atoms with Crippen LogP contribution in [0.15, 0.2) is 17.3 Å². The summed E-state index contributed by atoms with van der Waals surface area (Å²) < 4.78 is 26.6. The van der Waals surface area contributed by atoms with E-state index < -0.39 is 0 Å². The highest BCUT2D eigenvalue weighted by molar-refractivity contribution is 7.98. The minimum Gasteiger partial charge on any atom is -0.493 e.